The van der Waals surface area contributed by atoms with Crippen molar-refractivity contribution in [3.8, 4) is 0 Å². The zero-order valence-electron chi connectivity index (χ0n) is 12.3. The van der Waals surface area contributed by atoms with Crippen molar-refractivity contribution >= 4 is 17.6 Å². The highest BCUT2D eigenvalue weighted by molar-refractivity contribution is 6.31. The molecule has 5 nitrogen and oxygen atoms in total. The predicted molar refractivity (Wildman–Crippen MR) is 84.5 cm³/mol. The molecular weight excluding hydrogens is 300 g/mol. The third-order valence-corrected chi connectivity index (χ3v) is 4.23. The van der Waals surface area contributed by atoms with E-state index in [9.17, 15) is 4.79 Å². The first-order valence-corrected chi connectivity index (χ1v) is 7.57. The number of nitrogens with one attached hydrogen (secondary N) is 1. The summed E-state index contributed by atoms with van der Waals surface area (Å²) < 4.78 is 0. The number of hydrogen-bond donors (Lipinski definition) is 1. The molecule has 1 atom stereocenters. The molecule has 22 heavy (non-hydrogen) atoms. The lowest BCUT2D eigenvalue weighted by molar-refractivity contribution is 0.202. The van der Waals surface area contributed by atoms with Gasteiger partial charge < -0.3 is 10.2 Å². The molecule has 1 aromatic heterocycles. The van der Waals surface area contributed by atoms with Gasteiger partial charge in [-0.05, 0) is 30.0 Å². The fraction of sp³-hybridized carbons (Fsp3) is 0.312. The number of urea groups is 1. The Kier molecular flexibility index (Phi) is 4.24. The first kappa shape index (κ1) is 14.8. The number of amides is 2. The second-order valence-electron chi connectivity index (χ2n) is 5.40. The van der Waals surface area contributed by atoms with Gasteiger partial charge in [0.05, 0.1) is 24.5 Å². The lowest BCUT2D eigenvalue weighted by atomic mass is 10.1. The maximum atomic E-state index is 12.3. The van der Waals surface area contributed by atoms with E-state index in [1.54, 1.807) is 30.5 Å². The Morgan fingerprint density at radius 3 is 3.09 bits per heavy atom. The molecule has 0 spiro atoms. The van der Waals surface area contributed by atoms with Crippen molar-refractivity contribution < 1.29 is 4.79 Å². The SMILES string of the molecule is CN(Cc1cnccn1)C(=O)NC1CCc2c(Cl)cccc21. The Balaban J connectivity index is 1.65. The van der Waals surface area contributed by atoms with Gasteiger partial charge in [-0.2, -0.15) is 0 Å². The third-order valence-electron chi connectivity index (χ3n) is 3.87. The largest absolute Gasteiger partial charge is 0.331 e. The van der Waals surface area contributed by atoms with Gasteiger partial charge in [-0.25, -0.2) is 4.79 Å². The van der Waals surface area contributed by atoms with Crippen LogP contribution in [0.4, 0.5) is 4.79 Å². The van der Waals surface area contributed by atoms with Crippen LogP contribution in [0.5, 0.6) is 0 Å². The van der Waals surface area contributed by atoms with Gasteiger partial charge in [-0.1, -0.05) is 23.7 Å². The maximum absolute atomic E-state index is 12.3. The Bertz CT molecular complexity index is 677. The number of carbonyl (C=O) groups is 1. The van der Waals surface area contributed by atoms with E-state index in [-0.39, 0.29) is 12.1 Å². The van der Waals surface area contributed by atoms with E-state index in [2.05, 4.69) is 15.3 Å². The molecule has 2 amide bonds. The molecule has 3 rings (SSSR count). The van der Waals surface area contributed by atoms with E-state index in [0.29, 0.717) is 6.54 Å². The summed E-state index contributed by atoms with van der Waals surface area (Å²) in [6.45, 7) is 0.425. The highest BCUT2D eigenvalue weighted by Crippen LogP contribution is 2.35. The highest BCUT2D eigenvalue weighted by Gasteiger charge is 2.26. The molecular formula is C16H17ClN4O. The van der Waals surface area contributed by atoms with Crippen molar-refractivity contribution in [3.63, 3.8) is 0 Å². The number of aromatic nitrogens is 2. The summed E-state index contributed by atoms with van der Waals surface area (Å²) in [5, 5.41) is 3.84. The summed E-state index contributed by atoms with van der Waals surface area (Å²) in [5.41, 5.74) is 3.02. The summed E-state index contributed by atoms with van der Waals surface area (Å²) in [5.74, 6) is 0. The zero-order chi connectivity index (χ0) is 15.5. The van der Waals surface area contributed by atoms with Crippen molar-refractivity contribution in [3.05, 3.63) is 58.6 Å². The van der Waals surface area contributed by atoms with Gasteiger partial charge in [0.2, 0.25) is 0 Å². The number of rotatable bonds is 3. The summed E-state index contributed by atoms with van der Waals surface area (Å²) in [7, 11) is 1.75. The molecule has 0 bridgehead atoms. The Morgan fingerprint density at radius 2 is 2.32 bits per heavy atom. The normalized spacial score (nSPS) is 16.2. The molecule has 1 aliphatic carbocycles. The summed E-state index contributed by atoms with van der Waals surface area (Å²) >= 11 is 6.20. The summed E-state index contributed by atoms with van der Waals surface area (Å²) in [6, 6.07) is 5.75. The standard InChI is InChI=1S/C16H17ClN4O/c1-21(10-11-9-18-7-8-19-11)16(22)20-15-6-5-12-13(15)3-2-4-14(12)17/h2-4,7-9,15H,5-6,10H2,1H3,(H,20,22). The first-order valence-electron chi connectivity index (χ1n) is 7.19. The van der Waals surface area contributed by atoms with Gasteiger partial charge in [0.1, 0.15) is 0 Å². The van der Waals surface area contributed by atoms with Crippen molar-refractivity contribution in [2.45, 2.75) is 25.4 Å². The predicted octanol–water partition coefficient (Wildman–Crippen LogP) is 2.96. The van der Waals surface area contributed by atoms with Crippen LogP contribution in [-0.2, 0) is 13.0 Å². The fourth-order valence-electron chi connectivity index (χ4n) is 2.75. The van der Waals surface area contributed by atoms with Crippen LogP contribution in [0.25, 0.3) is 0 Å². The van der Waals surface area contributed by atoms with Crippen molar-refractivity contribution in [1.29, 1.82) is 0 Å². The van der Waals surface area contributed by atoms with Crippen LogP contribution in [0, 0.1) is 0 Å². The van der Waals surface area contributed by atoms with Crippen LogP contribution >= 0.6 is 11.6 Å². The number of nitrogens with zero attached hydrogens (tertiary/aromatic N) is 3. The molecule has 0 radical (unpaired) electrons. The minimum Gasteiger partial charge on any atom is -0.331 e. The Hall–Kier alpha value is -2.14. The zero-order valence-corrected chi connectivity index (χ0v) is 13.0. The molecule has 0 fully saturated rings. The monoisotopic (exact) mass is 316 g/mol. The number of hydrogen-bond acceptors (Lipinski definition) is 3. The average Bonchev–Trinajstić information content (AvgIpc) is 2.93. The number of benzene rings is 1. The fourth-order valence-corrected chi connectivity index (χ4v) is 3.02. The minimum atomic E-state index is -0.122. The molecule has 1 N–H and O–H groups in total. The van der Waals surface area contributed by atoms with Gasteiger partial charge in [0, 0.05) is 24.5 Å². The third kappa shape index (κ3) is 3.04. The van der Waals surface area contributed by atoms with E-state index in [1.807, 2.05) is 18.2 Å². The Labute approximate surface area is 134 Å². The second-order valence-corrected chi connectivity index (χ2v) is 5.81. The first-order chi connectivity index (χ1) is 10.6. The average molecular weight is 317 g/mol. The van der Waals surface area contributed by atoms with Crippen LogP contribution in [0.15, 0.2) is 36.8 Å². The quantitative estimate of drug-likeness (QED) is 0.947. The van der Waals surface area contributed by atoms with Crippen molar-refractivity contribution in [2.75, 3.05) is 7.05 Å². The van der Waals surface area contributed by atoms with Gasteiger partial charge >= 0.3 is 6.03 Å². The molecule has 1 unspecified atom stereocenters. The van der Waals surface area contributed by atoms with Crippen LogP contribution in [0.3, 0.4) is 0 Å². The Morgan fingerprint density at radius 1 is 1.45 bits per heavy atom. The highest BCUT2D eigenvalue weighted by atomic mass is 35.5. The van der Waals surface area contributed by atoms with E-state index in [4.69, 9.17) is 11.6 Å². The van der Waals surface area contributed by atoms with E-state index < -0.39 is 0 Å². The van der Waals surface area contributed by atoms with E-state index in [1.165, 1.54) is 0 Å². The number of carbonyl (C=O) groups excluding carboxylic acids is 1. The van der Waals surface area contributed by atoms with E-state index >= 15 is 0 Å². The molecule has 1 aromatic carbocycles. The van der Waals surface area contributed by atoms with Crippen molar-refractivity contribution in [1.82, 2.24) is 20.2 Å². The molecule has 2 aromatic rings. The van der Waals surface area contributed by atoms with Crippen LogP contribution in [0.2, 0.25) is 5.02 Å². The number of halogens is 1. The number of fused-ring (bicyclic) bond motifs is 1. The minimum absolute atomic E-state index is 0.0190. The molecule has 114 valence electrons. The molecule has 0 saturated carbocycles. The second kappa shape index (κ2) is 6.32. The topological polar surface area (TPSA) is 58.1 Å². The van der Waals surface area contributed by atoms with Gasteiger partial charge in [-0.3, -0.25) is 9.97 Å². The van der Waals surface area contributed by atoms with Crippen LogP contribution < -0.4 is 5.32 Å². The van der Waals surface area contributed by atoms with Crippen LogP contribution in [-0.4, -0.2) is 27.9 Å². The molecule has 6 heteroatoms. The maximum Gasteiger partial charge on any atom is 0.317 e. The van der Waals surface area contributed by atoms with E-state index in [0.717, 1.165) is 34.7 Å². The molecule has 0 aliphatic heterocycles. The molecule has 1 heterocycles. The lowest BCUT2D eigenvalue weighted by Crippen LogP contribution is -2.38. The van der Waals surface area contributed by atoms with Crippen molar-refractivity contribution in [2.24, 2.45) is 0 Å². The van der Waals surface area contributed by atoms with Gasteiger partial charge in [0.25, 0.3) is 0 Å². The smallest absolute Gasteiger partial charge is 0.317 e. The van der Waals surface area contributed by atoms with Crippen LogP contribution in [0.1, 0.15) is 29.3 Å². The molecule has 0 saturated heterocycles. The molecule has 1 aliphatic rings. The lowest BCUT2D eigenvalue weighted by Gasteiger charge is -2.21. The van der Waals surface area contributed by atoms with Gasteiger partial charge in [-0.15, -0.1) is 0 Å². The summed E-state index contributed by atoms with van der Waals surface area (Å²) in [4.78, 5) is 22.1. The van der Waals surface area contributed by atoms with Gasteiger partial charge in [0.15, 0.2) is 0 Å². The summed E-state index contributed by atoms with van der Waals surface area (Å²) in [6.07, 6.45) is 6.67.